The predicted molar refractivity (Wildman–Crippen MR) is 87.2 cm³/mol. The molecule has 0 amide bonds. The van der Waals surface area contributed by atoms with Crippen LogP contribution in [0.2, 0.25) is 0 Å². The Labute approximate surface area is 124 Å². The predicted octanol–water partition coefficient (Wildman–Crippen LogP) is 4.48. The van der Waals surface area contributed by atoms with Gasteiger partial charge in [-0.1, -0.05) is 57.0 Å². The van der Waals surface area contributed by atoms with Crippen LogP contribution in [0.15, 0.2) is 36.4 Å². The minimum atomic E-state index is 0.192. The van der Waals surface area contributed by atoms with Crippen molar-refractivity contribution in [3.8, 4) is 5.75 Å². The molecule has 1 aliphatic rings. The molecule has 0 saturated heterocycles. The number of benzene rings is 1. The maximum Gasteiger partial charge on any atom is 0.122 e. The fraction of sp³-hybridized carbons (Fsp3) is 0.556. The Kier molecular flexibility index (Phi) is 8.81. The molecule has 0 bridgehead atoms. The first-order valence-corrected chi connectivity index (χ1v) is 7.89. The van der Waals surface area contributed by atoms with Crippen molar-refractivity contribution in [1.29, 1.82) is 0 Å². The van der Waals surface area contributed by atoms with Crippen LogP contribution in [0.1, 0.15) is 51.5 Å². The summed E-state index contributed by atoms with van der Waals surface area (Å²) < 4.78 is 5.54. The van der Waals surface area contributed by atoms with Gasteiger partial charge in [0, 0.05) is 6.04 Å². The number of fused-ring (bicyclic) bond motifs is 1. The molecule has 1 aliphatic heterocycles. The van der Waals surface area contributed by atoms with E-state index < -0.39 is 0 Å². The van der Waals surface area contributed by atoms with E-state index in [1.807, 2.05) is 18.2 Å². The van der Waals surface area contributed by atoms with Crippen LogP contribution >= 0.6 is 0 Å². The van der Waals surface area contributed by atoms with Crippen molar-refractivity contribution in [2.24, 2.45) is 5.73 Å². The van der Waals surface area contributed by atoms with E-state index in [9.17, 15) is 0 Å². The zero-order chi connectivity index (χ0) is 14.6. The summed E-state index contributed by atoms with van der Waals surface area (Å²) >= 11 is 0. The molecule has 0 spiro atoms. The average molecular weight is 275 g/mol. The number of para-hydroxylation sites is 1. The smallest absolute Gasteiger partial charge is 0.122 e. The number of rotatable bonds is 4. The average Bonchev–Trinajstić information content (AvgIpc) is 2.67. The lowest BCUT2D eigenvalue weighted by Gasteiger charge is -2.07. The molecule has 2 nitrogen and oxygen atoms in total. The number of hydrogen-bond acceptors (Lipinski definition) is 2. The third-order valence-electron chi connectivity index (χ3n) is 3.34. The first-order valence-electron chi connectivity index (χ1n) is 7.89. The molecule has 0 aliphatic carbocycles. The Morgan fingerprint density at radius 3 is 2.80 bits per heavy atom. The summed E-state index contributed by atoms with van der Waals surface area (Å²) in [6.45, 7) is 5.04. The Balaban J connectivity index is 0.000000221. The number of allylic oxidation sites excluding steroid dienone is 2. The van der Waals surface area contributed by atoms with E-state index in [4.69, 9.17) is 10.5 Å². The van der Waals surface area contributed by atoms with Crippen molar-refractivity contribution < 1.29 is 4.74 Å². The molecule has 1 aromatic carbocycles. The third-order valence-corrected chi connectivity index (χ3v) is 3.34. The maximum absolute atomic E-state index is 5.79. The van der Waals surface area contributed by atoms with Crippen LogP contribution in [-0.2, 0) is 6.42 Å². The van der Waals surface area contributed by atoms with Gasteiger partial charge < -0.3 is 10.5 Å². The number of hydrogen-bond donors (Lipinski definition) is 1. The first-order chi connectivity index (χ1) is 9.77. The van der Waals surface area contributed by atoms with Gasteiger partial charge in [-0.2, -0.15) is 0 Å². The van der Waals surface area contributed by atoms with Crippen molar-refractivity contribution in [2.45, 2.75) is 58.4 Å². The van der Waals surface area contributed by atoms with Gasteiger partial charge in [-0.25, -0.2) is 0 Å². The van der Waals surface area contributed by atoms with Crippen LogP contribution in [-0.4, -0.2) is 12.6 Å². The van der Waals surface area contributed by atoms with Crippen LogP contribution in [0.5, 0.6) is 5.75 Å². The van der Waals surface area contributed by atoms with E-state index in [0.29, 0.717) is 6.61 Å². The lowest BCUT2D eigenvalue weighted by Crippen LogP contribution is -2.26. The second kappa shape index (κ2) is 10.5. The highest BCUT2D eigenvalue weighted by Crippen LogP contribution is 2.22. The highest BCUT2D eigenvalue weighted by Gasteiger charge is 2.12. The number of ether oxygens (including phenoxy) is 1. The Hall–Kier alpha value is -1.28. The largest absolute Gasteiger partial charge is 0.492 e. The zero-order valence-electron chi connectivity index (χ0n) is 13.0. The highest BCUT2D eigenvalue weighted by atomic mass is 16.5. The zero-order valence-corrected chi connectivity index (χ0v) is 13.0. The molecular formula is C18H29NO. The van der Waals surface area contributed by atoms with Gasteiger partial charge in [-0.05, 0) is 37.3 Å². The fourth-order valence-electron chi connectivity index (χ4n) is 2.08. The highest BCUT2D eigenvalue weighted by molar-refractivity contribution is 5.34. The molecule has 0 aromatic heterocycles. The lowest BCUT2D eigenvalue weighted by molar-refractivity contribution is 0.293. The molecule has 1 heterocycles. The van der Waals surface area contributed by atoms with Crippen molar-refractivity contribution in [3.63, 3.8) is 0 Å². The Morgan fingerprint density at radius 2 is 2.05 bits per heavy atom. The van der Waals surface area contributed by atoms with Gasteiger partial charge in [0.05, 0.1) is 0 Å². The van der Waals surface area contributed by atoms with Crippen molar-refractivity contribution >= 4 is 0 Å². The molecule has 2 rings (SSSR count). The third kappa shape index (κ3) is 6.76. The fourth-order valence-corrected chi connectivity index (χ4v) is 2.08. The monoisotopic (exact) mass is 275 g/mol. The lowest BCUT2D eigenvalue weighted by atomic mass is 10.1. The number of aryl methyl sites for hydroxylation is 1. The first kappa shape index (κ1) is 16.8. The molecule has 2 N–H and O–H groups in total. The molecule has 2 heteroatoms. The molecule has 1 atom stereocenters. The van der Waals surface area contributed by atoms with Crippen LogP contribution in [0.25, 0.3) is 0 Å². The number of nitrogens with two attached hydrogens (primary N) is 1. The summed E-state index contributed by atoms with van der Waals surface area (Å²) in [5.74, 6) is 1.01. The van der Waals surface area contributed by atoms with Gasteiger partial charge in [0.25, 0.3) is 0 Å². The quantitative estimate of drug-likeness (QED) is 0.649. The molecule has 20 heavy (non-hydrogen) atoms. The van der Waals surface area contributed by atoms with Gasteiger partial charge >= 0.3 is 0 Å². The van der Waals surface area contributed by atoms with Gasteiger partial charge in [-0.15, -0.1) is 0 Å². The topological polar surface area (TPSA) is 35.2 Å². The van der Waals surface area contributed by atoms with Crippen molar-refractivity contribution in [3.05, 3.63) is 42.0 Å². The second-order valence-electron chi connectivity index (χ2n) is 5.24. The van der Waals surface area contributed by atoms with Crippen LogP contribution in [0.3, 0.4) is 0 Å². The van der Waals surface area contributed by atoms with Crippen molar-refractivity contribution in [1.82, 2.24) is 0 Å². The van der Waals surface area contributed by atoms with Gasteiger partial charge in [-0.3, -0.25) is 0 Å². The SMILES string of the molecule is CCC=CCCCC.NC1CCc2ccccc2OC1. The number of unbranched alkanes of at least 4 members (excludes halogenated alkanes) is 2. The van der Waals surface area contributed by atoms with Crippen LogP contribution < -0.4 is 10.5 Å². The van der Waals surface area contributed by atoms with E-state index >= 15 is 0 Å². The van der Waals surface area contributed by atoms with E-state index in [2.05, 4.69) is 32.1 Å². The molecule has 112 valence electrons. The Bertz CT molecular complexity index is 360. The molecule has 1 aromatic rings. The molecule has 0 fully saturated rings. The molecule has 0 saturated carbocycles. The van der Waals surface area contributed by atoms with Gasteiger partial charge in [0.1, 0.15) is 12.4 Å². The summed E-state index contributed by atoms with van der Waals surface area (Å²) in [6, 6.07) is 8.34. The minimum Gasteiger partial charge on any atom is -0.492 e. The van der Waals surface area contributed by atoms with E-state index in [-0.39, 0.29) is 6.04 Å². The summed E-state index contributed by atoms with van der Waals surface area (Å²) in [6.07, 6.45) is 11.7. The summed E-state index contributed by atoms with van der Waals surface area (Å²) in [4.78, 5) is 0. The minimum absolute atomic E-state index is 0.192. The van der Waals surface area contributed by atoms with E-state index in [1.54, 1.807) is 0 Å². The standard InChI is InChI=1S/C10H13NO.C8H16/c11-9-6-5-8-3-1-2-4-10(8)12-7-9;1-3-5-7-8-6-4-2/h1-4,9H,5-7,11H2;5,7H,3-4,6,8H2,1-2H3. The summed E-state index contributed by atoms with van der Waals surface area (Å²) in [5, 5.41) is 0. The molecular weight excluding hydrogens is 246 g/mol. The summed E-state index contributed by atoms with van der Waals surface area (Å²) in [7, 11) is 0. The second-order valence-corrected chi connectivity index (χ2v) is 5.24. The molecule has 1 unspecified atom stereocenters. The summed E-state index contributed by atoms with van der Waals surface area (Å²) in [5.41, 5.74) is 7.07. The van der Waals surface area contributed by atoms with Crippen LogP contribution in [0.4, 0.5) is 0 Å². The van der Waals surface area contributed by atoms with E-state index in [0.717, 1.165) is 18.6 Å². The molecule has 0 radical (unpaired) electrons. The Morgan fingerprint density at radius 1 is 1.25 bits per heavy atom. The van der Waals surface area contributed by atoms with Gasteiger partial charge in [0.15, 0.2) is 0 Å². The van der Waals surface area contributed by atoms with Crippen molar-refractivity contribution in [2.75, 3.05) is 6.61 Å². The van der Waals surface area contributed by atoms with E-state index in [1.165, 1.54) is 31.2 Å². The normalized spacial score (nSPS) is 17.6. The maximum atomic E-state index is 5.79. The van der Waals surface area contributed by atoms with Gasteiger partial charge in [0.2, 0.25) is 0 Å². The van der Waals surface area contributed by atoms with Crippen LogP contribution in [0, 0.1) is 0 Å².